The lowest BCUT2D eigenvalue weighted by atomic mass is 9.94. The molecule has 0 amide bonds. The molecule has 0 aromatic carbocycles. The Balaban J connectivity index is 1.93. The number of piperazine rings is 1. The summed E-state index contributed by atoms with van der Waals surface area (Å²) in [6.45, 7) is 11.7. The van der Waals surface area contributed by atoms with Gasteiger partial charge in [-0.2, -0.15) is 0 Å². The van der Waals surface area contributed by atoms with E-state index in [2.05, 4.69) is 44.0 Å². The number of rotatable bonds is 7. The number of hydrogen-bond acceptors (Lipinski definition) is 3. The lowest BCUT2D eigenvalue weighted by Crippen LogP contribution is -2.60. The Hall–Kier alpha value is -0.800. The van der Waals surface area contributed by atoms with Gasteiger partial charge >= 0.3 is 0 Å². The molecule has 2 rings (SSSR count). The number of hydrogen-bond donors (Lipinski definition) is 1. The molecule has 3 heteroatoms. The van der Waals surface area contributed by atoms with Gasteiger partial charge < -0.3 is 9.73 Å². The van der Waals surface area contributed by atoms with E-state index < -0.39 is 0 Å². The molecule has 3 nitrogen and oxygen atoms in total. The van der Waals surface area contributed by atoms with Crippen LogP contribution in [0.4, 0.5) is 0 Å². The highest BCUT2D eigenvalue weighted by Crippen LogP contribution is 2.22. The fraction of sp³-hybridized carbons (Fsp3) is 0.778. The zero-order chi connectivity index (χ0) is 15.2. The van der Waals surface area contributed by atoms with Gasteiger partial charge in [-0.25, -0.2) is 0 Å². The van der Waals surface area contributed by atoms with Gasteiger partial charge in [-0.15, -0.1) is 0 Å². The van der Waals surface area contributed by atoms with Crippen molar-refractivity contribution in [2.24, 2.45) is 5.92 Å². The Morgan fingerprint density at radius 2 is 2.19 bits per heavy atom. The van der Waals surface area contributed by atoms with Crippen LogP contribution in [0.5, 0.6) is 0 Å². The van der Waals surface area contributed by atoms with Gasteiger partial charge in [0.25, 0.3) is 0 Å². The molecule has 2 heterocycles. The van der Waals surface area contributed by atoms with Gasteiger partial charge in [0.05, 0.1) is 6.26 Å². The van der Waals surface area contributed by atoms with Crippen molar-refractivity contribution < 1.29 is 4.42 Å². The largest absolute Gasteiger partial charge is 0.469 e. The zero-order valence-electron chi connectivity index (χ0n) is 14.1. The van der Waals surface area contributed by atoms with Crippen molar-refractivity contribution in [3.63, 3.8) is 0 Å². The number of furan rings is 1. The van der Waals surface area contributed by atoms with Crippen LogP contribution < -0.4 is 5.32 Å². The Labute approximate surface area is 130 Å². The van der Waals surface area contributed by atoms with Crippen molar-refractivity contribution in [2.45, 2.75) is 71.5 Å². The highest BCUT2D eigenvalue weighted by atomic mass is 16.3. The topological polar surface area (TPSA) is 28.4 Å². The van der Waals surface area contributed by atoms with Crippen LogP contribution in [0, 0.1) is 5.92 Å². The fourth-order valence-electron chi connectivity index (χ4n) is 3.50. The third-order valence-corrected chi connectivity index (χ3v) is 4.83. The van der Waals surface area contributed by atoms with Gasteiger partial charge in [0, 0.05) is 37.6 Å². The molecule has 1 aromatic rings. The second kappa shape index (κ2) is 8.00. The standard InChI is InChI=1S/C18H32N2O/c1-5-7-16-13-20(18(12-19-16)14(2)3)15(4)9-10-17-8-6-11-21-17/h6,8,11,14-16,18-19H,5,7,9-10,12-13H2,1-4H3. The second-order valence-electron chi connectivity index (χ2n) is 6.87. The predicted octanol–water partition coefficient (Wildman–Crippen LogP) is 3.70. The number of nitrogens with one attached hydrogen (secondary N) is 1. The van der Waals surface area contributed by atoms with Crippen molar-refractivity contribution in [3.8, 4) is 0 Å². The van der Waals surface area contributed by atoms with E-state index in [0.29, 0.717) is 24.0 Å². The molecular formula is C18H32N2O. The average Bonchev–Trinajstić information content (AvgIpc) is 2.98. The van der Waals surface area contributed by atoms with Gasteiger partial charge in [0.15, 0.2) is 0 Å². The lowest BCUT2D eigenvalue weighted by molar-refractivity contribution is 0.0564. The van der Waals surface area contributed by atoms with Crippen LogP contribution >= 0.6 is 0 Å². The number of nitrogens with zero attached hydrogens (tertiary/aromatic N) is 1. The first-order valence-electron chi connectivity index (χ1n) is 8.63. The normalized spacial score (nSPS) is 25.4. The van der Waals surface area contributed by atoms with Crippen LogP contribution in [0.15, 0.2) is 22.8 Å². The average molecular weight is 292 g/mol. The molecule has 1 aromatic heterocycles. The molecular weight excluding hydrogens is 260 g/mol. The molecule has 0 bridgehead atoms. The van der Waals surface area contributed by atoms with Crippen LogP contribution in [-0.4, -0.2) is 36.1 Å². The summed E-state index contributed by atoms with van der Waals surface area (Å²) in [5, 5.41) is 3.75. The summed E-state index contributed by atoms with van der Waals surface area (Å²) in [4.78, 5) is 2.74. The summed E-state index contributed by atoms with van der Waals surface area (Å²) >= 11 is 0. The minimum absolute atomic E-state index is 0.615. The van der Waals surface area contributed by atoms with Crippen LogP contribution in [0.3, 0.4) is 0 Å². The molecule has 120 valence electrons. The summed E-state index contributed by atoms with van der Waals surface area (Å²) < 4.78 is 5.47. The van der Waals surface area contributed by atoms with Crippen LogP contribution in [0.25, 0.3) is 0 Å². The lowest BCUT2D eigenvalue weighted by Gasteiger charge is -2.45. The molecule has 1 N–H and O–H groups in total. The van der Waals surface area contributed by atoms with Crippen molar-refractivity contribution in [1.82, 2.24) is 10.2 Å². The quantitative estimate of drug-likeness (QED) is 0.830. The Morgan fingerprint density at radius 3 is 2.81 bits per heavy atom. The molecule has 0 spiro atoms. The first-order chi connectivity index (χ1) is 10.1. The highest BCUT2D eigenvalue weighted by Gasteiger charge is 2.32. The molecule has 21 heavy (non-hydrogen) atoms. The monoisotopic (exact) mass is 292 g/mol. The zero-order valence-corrected chi connectivity index (χ0v) is 14.1. The summed E-state index contributed by atoms with van der Waals surface area (Å²) in [6, 6.07) is 6.01. The molecule has 3 unspecified atom stereocenters. The van der Waals surface area contributed by atoms with Gasteiger partial charge in [-0.05, 0) is 37.8 Å². The summed E-state index contributed by atoms with van der Waals surface area (Å²) in [6.07, 6.45) is 6.54. The van der Waals surface area contributed by atoms with Gasteiger partial charge in [0.2, 0.25) is 0 Å². The smallest absolute Gasteiger partial charge is 0.103 e. The molecule has 1 fully saturated rings. The van der Waals surface area contributed by atoms with Crippen molar-refractivity contribution in [1.29, 1.82) is 0 Å². The van der Waals surface area contributed by atoms with Crippen LogP contribution in [0.2, 0.25) is 0 Å². The molecule has 0 saturated carbocycles. The van der Waals surface area contributed by atoms with E-state index in [-0.39, 0.29) is 0 Å². The molecule has 3 atom stereocenters. The van der Waals surface area contributed by atoms with E-state index in [1.165, 1.54) is 25.8 Å². The van der Waals surface area contributed by atoms with Gasteiger partial charge in [0.1, 0.15) is 5.76 Å². The maximum absolute atomic E-state index is 5.47. The van der Waals surface area contributed by atoms with Crippen LogP contribution in [0.1, 0.15) is 52.7 Å². The SMILES string of the molecule is CCCC1CN(C(C)CCc2ccco2)C(C(C)C)CN1. The molecule has 0 aliphatic carbocycles. The van der Waals surface area contributed by atoms with Crippen molar-refractivity contribution >= 4 is 0 Å². The molecule has 1 aliphatic heterocycles. The molecule has 1 saturated heterocycles. The van der Waals surface area contributed by atoms with E-state index in [1.54, 1.807) is 6.26 Å². The fourth-order valence-corrected chi connectivity index (χ4v) is 3.50. The Morgan fingerprint density at radius 1 is 1.38 bits per heavy atom. The van der Waals surface area contributed by atoms with E-state index in [4.69, 9.17) is 4.42 Å². The molecule has 0 radical (unpaired) electrons. The first-order valence-corrected chi connectivity index (χ1v) is 8.63. The Kier molecular flexibility index (Phi) is 6.31. The first kappa shape index (κ1) is 16.6. The minimum atomic E-state index is 0.615. The van der Waals surface area contributed by atoms with E-state index >= 15 is 0 Å². The highest BCUT2D eigenvalue weighted by molar-refractivity contribution is 4.99. The van der Waals surface area contributed by atoms with Crippen molar-refractivity contribution in [2.75, 3.05) is 13.1 Å². The summed E-state index contributed by atoms with van der Waals surface area (Å²) in [7, 11) is 0. The van der Waals surface area contributed by atoms with Gasteiger partial charge in [-0.1, -0.05) is 27.2 Å². The maximum Gasteiger partial charge on any atom is 0.103 e. The van der Waals surface area contributed by atoms with E-state index in [9.17, 15) is 0 Å². The number of aryl methyl sites for hydroxylation is 1. The minimum Gasteiger partial charge on any atom is -0.469 e. The maximum atomic E-state index is 5.47. The van der Waals surface area contributed by atoms with Gasteiger partial charge in [-0.3, -0.25) is 4.90 Å². The molecule has 1 aliphatic rings. The van der Waals surface area contributed by atoms with Crippen molar-refractivity contribution in [3.05, 3.63) is 24.2 Å². The second-order valence-corrected chi connectivity index (χ2v) is 6.87. The van der Waals surface area contributed by atoms with E-state index in [0.717, 1.165) is 18.7 Å². The van der Waals surface area contributed by atoms with Crippen LogP contribution in [-0.2, 0) is 6.42 Å². The third-order valence-electron chi connectivity index (χ3n) is 4.83. The third kappa shape index (κ3) is 4.58. The summed E-state index contributed by atoms with van der Waals surface area (Å²) in [5.74, 6) is 1.81. The predicted molar refractivity (Wildman–Crippen MR) is 88.5 cm³/mol. The summed E-state index contributed by atoms with van der Waals surface area (Å²) in [5.41, 5.74) is 0. The Bertz CT molecular complexity index is 388. The van der Waals surface area contributed by atoms with E-state index in [1.807, 2.05) is 6.07 Å².